The van der Waals surface area contributed by atoms with Crippen molar-refractivity contribution in [1.82, 2.24) is 0 Å². The topological polar surface area (TPSA) is 29.5 Å². The normalized spacial score (nSPS) is 58.2. The summed E-state index contributed by atoms with van der Waals surface area (Å²) in [6.07, 6.45) is 5.45. The summed E-state index contributed by atoms with van der Waals surface area (Å²) in [6, 6.07) is 0. The van der Waals surface area contributed by atoms with E-state index in [2.05, 4.69) is 0 Å². The van der Waals surface area contributed by atoms with E-state index in [0.717, 1.165) is 43.3 Å². The third kappa shape index (κ3) is 1.13. The van der Waals surface area contributed by atoms with Gasteiger partial charge in [-0.3, -0.25) is 0 Å². The zero-order valence-electron chi connectivity index (χ0n) is 9.14. The van der Waals surface area contributed by atoms with Crippen LogP contribution in [0.4, 0.5) is 0 Å². The second-order valence-electron chi connectivity index (χ2n) is 6.18. The second-order valence-corrected chi connectivity index (χ2v) is 6.18. The van der Waals surface area contributed by atoms with E-state index in [4.69, 9.17) is 4.74 Å². The van der Waals surface area contributed by atoms with Crippen LogP contribution in [0.5, 0.6) is 0 Å². The Balaban J connectivity index is 1.48. The van der Waals surface area contributed by atoms with Gasteiger partial charge in [-0.05, 0) is 55.3 Å². The third-order valence-electron chi connectivity index (χ3n) is 5.64. The molecule has 2 heteroatoms. The summed E-state index contributed by atoms with van der Waals surface area (Å²) >= 11 is 0. The van der Waals surface area contributed by atoms with Crippen LogP contribution >= 0.6 is 0 Å². The van der Waals surface area contributed by atoms with E-state index in [9.17, 15) is 5.11 Å². The van der Waals surface area contributed by atoms with Gasteiger partial charge in [-0.15, -0.1) is 0 Å². The molecule has 1 saturated heterocycles. The highest BCUT2D eigenvalue weighted by Gasteiger charge is 2.67. The zero-order valence-corrected chi connectivity index (χ0v) is 9.14. The first-order valence-electron chi connectivity index (χ1n) is 6.62. The molecule has 15 heavy (non-hydrogen) atoms. The van der Waals surface area contributed by atoms with E-state index in [1.807, 2.05) is 0 Å². The number of hydrogen-bond donors (Lipinski definition) is 1. The number of aliphatic hydroxyl groups excluding tert-OH is 1. The molecule has 1 aliphatic heterocycles. The van der Waals surface area contributed by atoms with Crippen LogP contribution in [-0.4, -0.2) is 24.4 Å². The SMILES string of the molecule is OC(C1CCOC1)C1C2C3CCC(C3)C21. The number of fused-ring (bicyclic) bond motifs is 5. The summed E-state index contributed by atoms with van der Waals surface area (Å²) in [5.74, 6) is 4.94. The van der Waals surface area contributed by atoms with Crippen LogP contribution in [0.3, 0.4) is 0 Å². The third-order valence-corrected chi connectivity index (χ3v) is 5.64. The lowest BCUT2D eigenvalue weighted by molar-refractivity contribution is 0.0597. The van der Waals surface area contributed by atoms with Gasteiger partial charge in [0.25, 0.3) is 0 Å². The molecule has 0 radical (unpaired) electrons. The largest absolute Gasteiger partial charge is 0.392 e. The molecule has 1 heterocycles. The van der Waals surface area contributed by atoms with Gasteiger partial charge in [0.1, 0.15) is 0 Å². The summed E-state index contributed by atoms with van der Waals surface area (Å²) in [6.45, 7) is 1.68. The first-order chi connectivity index (χ1) is 7.36. The summed E-state index contributed by atoms with van der Waals surface area (Å²) in [4.78, 5) is 0. The summed E-state index contributed by atoms with van der Waals surface area (Å²) in [7, 11) is 0. The van der Waals surface area contributed by atoms with Crippen molar-refractivity contribution in [3.63, 3.8) is 0 Å². The van der Waals surface area contributed by atoms with Gasteiger partial charge in [0.15, 0.2) is 0 Å². The Morgan fingerprint density at radius 2 is 1.80 bits per heavy atom. The Morgan fingerprint density at radius 1 is 1.07 bits per heavy atom. The average Bonchev–Trinajstić information content (AvgIpc) is 2.70. The predicted octanol–water partition coefficient (Wildman–Crippen LogP) is 1.68. The lowest BCUT2D eigenvalue weighted by atomic mass is 9.91. The highest BCUT2D eigenvalue weighted by atomic mass is 16.5. The maximum absolute atomic E-state index is 10.4. The number of ether oxygens (including phenoxy) is 1. The van der Waals surface area contributed by atoms with Gasteiger partial charge in [-0.25, -0.2) is 0 Å². The van der Waals surface area contributed by atoms with Crippen LogP contribution in [0, 0.1) is 35.5 Å². The quantitative estimate of drug-likeness (QED) is 0.748. The molecule has 3 aliphatic carbocycles. The van der Waals surface area contributed by atoms with Crippen molar-refractivity contribution in [3.8, 4) is 0 Å². The van der Waals surface area contributed by atoms with Crippen molar-refractivity contribution < 1.29 is 9.84 Å². The molecule has 4 aliphatic rings. The molecule has 0 aromatic rings. The molecule has 4 rings (SSSR count). The molecule has 2 nitrogen and oxygen atoms in total. The van der Waals surface area contributed by atoms with E-state index in [1.165, 1.54) is 19.3 Å². The minimum absolute atomic E-state index is 0.0362. The Hall–Kier alpha value is -0.0800. The lowest BCUT2D eigenvalue weighted by Crippen LogP contribution is -2.26. The minimum Gasteiger partial charge on any atom is -0.392 e. The van der Waals surface area contributed by atoms with E-state index < -0.39 is 0 Å². The molecule has 6 unspecified atom stereocenters. The van der Waals surface area contributed by atoms with Gasteiger partial charge < -0.3 is 9.84 Å². The molecular weight excluding hydrogens is 188 g/mol. The van der Waals surface area contributed by atoms with Crippen molar-refractivity contribution in [2.24, 2.45) is 35.5 Å². The maximum atomic E-state index is 10.4. The van der Waals surface area contributed by atoms with E-state index in [-0.39, 0.29) is 6.10 Å². The molecule has 84 valence electrons. The van der Waals surface area contributed by atoms with E-state index >= 15 is 0 Å². The van der Waals surface area contributed by atoms with Crippen LogP contribution in [0.2, 0.25) is 0 Å². The zero-order chi connectivity index (χ0) is 9.99. The molecule has 3 saturated carbocycles. The molecule has 0 amide bonds. The van der Waals surface area contributed by atoms with E-state index in [1.54, 1.807) is 0 Å². The molecule has 1 N–H and O–H groups in total. The summed E-state index contributed by atoms with van der Waals surface area (Å²) in [5, 5.41) is 10.4. The Labute approximate surface area is 91.0 Å². The van der Waals surface area contributed by atoms with Crippen LogP contribution < -0.4 is 0 Å². The fourth-order valence-electron chi connectivity index (χ4n) is 4.99. The highest BCUT2D eigenvalue weighted by Crippen LogP contribution is 2.70. The highest BCUT2D eigenvalue weighted by molar-refractivity contribution is 5.15. The minimum atomic E-state index is -0.0362. The van der Waals surface area contributed by atoms with E-state index in [0.29, 0.717) is 11.8 Å². The molecule has 0 aromatic carbocycles. The van der Waals surface area contributed by atoms with Crippen molar-refractivity contribution in [2.45, 2.75) is 31.8 Å². The van der Waals surface area contributed by atoms with Crippen LogP contribution in [0.1, 0.15) is 25.7 Å². The fourth-order valence-corrected chi connectivity index (χ4v) is 4.99. The number of aliphatic hydroxyl groups is 1. The monoisotopic (exact) mass is 208 g/mol. The maximum Gasteiger partial charge on any atom is 0.0625 e. The first kappa shape index (κ1) is 9.00. The van der Waals surface area contributed by atoms with Gasteiger partial charge in [0.2, 0.25) is 0 Å². The molecule has 0 spiro atoms. The fraction of sp³-hybridized carbons (Fsp3) is 1.00. The van der Waals surface area contributed by atoms with Crippen LogP contribution in [-0.2, 0) is 4.74 Å². The lowest BCUT2D eigenvalue weighted by Gasteiger charge is -2.19. The van der Waals surface area contributed by atoms with Gasteiger partial charge in [-0.1, -0.05) is 0 Å². The second kappa shape index (κ2) is 2.98. The average molecular weight is 208 g/mol. The van der Waals surface area contributed by atoms with Gasteiger partial charge in [0, 0.05) is 12.5 Å². The van der Waals surface area contributed by atoms with Gasteiger partial charge in [-0.2, -0.15) is 0 Å². The Bertz CT molecular complexity index is 256. The van der Waals surface area contributed by atoms with Crippen molar-refractivity contribution >= 4 is 0 Å². The Kier molecular flexibility index (Phi) is 1.79. The summed E-state index contributed by atoms with van der Waals surface area (Å²) in [5.41, 5.74) is 0. The molecular formula is C13H20O2. The summed E-state index contributed by atoms with van der Waals surface area (Å²) < 4.78 is 5.39. The van der Waals surface area contributed by atoms with Crippen molar-refractivity contribution in [1.29, 1.82) is 0 Å². The number of rotatable bonds is 2. The standard InChI is InChI=1S/C13H20O2/c14-13(9-3-4-15-6-9)12-10-7-1-2-8(5-7)11(10)12/h7-14H,1-6H2. The molecule has 6 atom stereocenters. The Morgan fingerprint density at radius 3 is 2.40 bits per heavy atom. The number of hydrogen-bond acceptors (Lipinski definition) is 2. The van der Waals surface area contributed by atoms with Crippen molar-refractivity contribution in [2.75, 3.05) is 13.2 Å². The van der Waals surface area contributed by atoms with Gasteiger partial charge in [0.05, 0.1) is 12.7 Å². The van der Waals surface area contributed by atoms with Crippen LogP contribution in [0.15, 0.2) is 0 Å². The van der Waals surface area contributed by atoms with Gasteiger partial charge >= 0.3 is 0 Å². The smallest absolute Gasteiger partial charge is 0.0625 e. The molecule has 2 bridgehead atoms. The van der Waals surface area contributed by atoms with Crippen molar-refractivity contribution in [3.05, 3.63) is 0 Å². The molecule has 4 fully saturated rings. The predicted molar refractivity (Wildman–Crippen MR) is 56.2 cm³/mol. The first-order valence-corrected chi connectivity index (χ1v) is 6.62. The molecule has 0 aromatic heterocycles. The van der Waals surface area contributed by atoms with Crippen LogP contribution in [0.25, 0.3) is 0 Å².